The van der Waals surface area contributed by atoms with Gasteiger partial charge in [0.2, 0.25) is 0 Å². The van der Waals surface area contributed by atoms with Crippen molar-refractivity contribution in [3.8, 4) is 0 Å². The molecule has 108 valence electrons. The number of benzene rings is 1. The van der Waals surface area contributed by atoms with Crippen molar-refractivity contribution >= 4 is 17.4 Å². The van der Waals surface area contributed by atoms with Gasteiger partial charge in [0.25, 0.3) is 0 Å². The second-order valence-electron chi connectivity index (χ2n) is 6.19. The number of nitrogens with one attached hydrogen (secondary N) is 1. The van der Waals surface area contributed by atoms with Crippen LogP contribution in [0.15, 0.2) is 24.3 Å². The molecule has 1 rings (SSSR count). The van der Waals surface area contributed by atoms with Crippen molar-refractivity contribution in [1.82, 2.24) is 5.32 Å². The normalized spacial score (nSPS) is 13.4. The molecule has 1 atom stereocenters. The molecule has 0 bridgehead atoms. The number of hydrogen-bond donors (Lipinski definition) is 1. The van der Waals surface area contributed by atoms with Crippen molar-refractivity contribution < 1.29 is 0 Å². The van der Waals surface area contributed by atoms with Crippen molar-refractivity contribution in [2.75, 3.05) is 24.0 Å². The number of hydrogen-bond acceptors (Lipinski definition) is 3. The van der Waals surface area contributed by atoms with Crippen LogP contribution in [0.1, 0.15) is 33.3 Å². The zero-order valence-corrected chi connectivity index (χ0v) is 14.0. The first-order valence-electron chi connectivity index (χ1n) is 6.89. The molecule has 0 amide bonds. The Bertz CT molecular complexity index is 367. The Morgan fingerprint density at radius 3 is 2.26 bits per heavy atom. The quantitative estimate of drug-likeness (QED) is 0.854. The number of nitrogens with zero attached hydrogens (tertiary/aromatic N) is 1. The Balaban J connectivity index is 2.60. The summed E-state index contributed by atoms with van der Waals surface area (Å²) < 4.78 is 0. The first kappa shape index (κ1) is 16.4. The minimum absolute atomic E-state index is 0.169. The fraction of sp³-hybridized carbons (Fsp3) is 0.625. The Kier molecular flexibility index (Phi) is 6.21. The maximum atomic E-state index is 3.51. The summed E-state index contributed by atoms with van der Waals surface area (Å²) in [4.78, 5) is 2.34. The highest BCUT2D eigenvalue weighted by molar-refractivity contribution is 7.98. The lowest BCUT2D eigenvalue weighted by molar-refractivity contribution is 0.424. The Morgan fingerprint density at radius 2 is 1.79 bits per heavy atom. The molecule has 0 saturated heterocycles. The van der Waals surface area contributed by atoms with Crippen LogP contribution in [0.2, 0.25) is 0 Å². The molecule has 0 aliphatic rings. The van der Waals surface area contributed by atoms with Gasteiger partial charge in [0.1, 0.15) is 0 Å². The smallest absolute Gasteiger partial charge is 0.0366 e. The third-order valence-electron chi connectivity index (χ3n) is 3.24. The summed E-state index contributed by atoms with van der Waals surface area (Å²) in [5, 5.41) is 3.51. The second kappa shape index (κ2) is 7.20. The SMILES string of the molecule is CSCC(C)N(C)c1ccc(CNC(C)(C)C)cc1. The molecule has 0 heterocycles. The van der Waals surface area contributed by atoms with Gasteiger partial charge in [-0.25, -0.2) is 0 Å². The van der Waals surface area contributed by atoms with E-state index in [1.165, 1.54) is 11.3 Å². The van der Waals surface area contributed by atoms with E-state index in [1.807, 2.05) is 11.8 Å². The first-order valence-corrected chi connectivity index (χ1v) is 8.28. The van der Waals surface area contributed by atoms with Crippen molar-refractivity contribution in [3.05, 3.63) is 29.8 Å². The molecule has 1 N–H and O–H groups in total. The molecular weight excluding hydrogens is 252 g/mol. The average Bonchev–Trinajstić information content (AvgIpc) is 2.35. The van der Waals surface area contributed by atoms with E-state index < -0.39 is 0 Å². The minimum Gasteiger partial charge on any atom is -0.371 e. The van der Waals surface area contributed by atoms with E-state index in [-0.39, 0.29) is 5.54 Å². The topological polar surface area (TPSA) is 15.3 Å². The third-order valence-corrected chi connectivity index (χ3v) is 4.05. The van der Waals surface area contributed by atoms with Crippen LogP contribution in [-0.4, -0.2) is 30.6 Å². The van der Waals surface area contributed by atoms with Crippen molar-refractivity contribution in [2.24, 2.45) is 0 Å². The van der Waals surface area contributed by atoms with Crippen LogP contribution in [0.25, 0.3) is 0 Å². The molecule has 1 unspecified atom stereocenters. The molecule has 3 heteroatoms. The fourth-order valence-electron chi connectivity index (χ4n) is 1.82. The molecule has 0 fully saturated rings. The highest BCUT2D eigenvalue weighted by atomic mass is 32.2. The van der Waals surface area contributed by atoms with Crippen LogP contribution in [-0.2, 0) is 6.54 Å². The highest BCUT2D eigenvalue weighted by Gasteiger charge is 2.10. The molecule has 0 aromatic heterocycles. The van der Waals surface area contributed by atoms with E-state index in [0.29, 0.717) is 6.04 Å². The standard InChI is InChI=1S/C16H28N2S/c1-13(12-19-6)18(5)15-9-7-14(8-10-15)11-17-16(2,3)4/h7-10,13,17H,11-12H2,1-6H3. The summed E-state index contributed by atoms with van der Waals surface area (Å²) in [6, 6.07) is 9.44. The summed E-state index contributed by atoms with van der Waals surface area (Å²) in [6.45, 7) is 9.77. The minimum atomic E-state index is 0.169. The van der Waals surface area contributed by atoms with Gasteiger partial charge in [-0.1, -0.05) is 12.1 Å². The van der Waals surface area contributed by atoms with Gasteiger partial charge in [0.05, 0.1) is 0 Å². The summed E-state index contributed by atoms with van der Waals surface area (Å²) >= 11 is 1.90. The van der Waals surface area contributed by atoms with Gasteiger partial charge in [-0.05, 0) is 51.6 Å². The molecule has 19 heavy (non-hydrogen) atoms. The summed E-state index contributed by atoms with van der Waals surface area (Å²) in [6.07, 6.45) is 2.16. The number of anilines is 1. The van der Waals surface area contributed by atoms with Crippen LogP contribution < -0.4 is 10.2 Å². The number of thioether (sulfide) groups is 1. The molecule has 1 aromatic rings. The van der Waals surface area contributed by atoms with E-state index >= 15 is 0 Å². The molecule has 0 radical (unpaired) electrons. The monoisotopic (exact) mass is 280 g/mol. The predicted molar refractivity (Wildman–Crippen MR) is 89.3 cm³/mol. The number of rotatable bonds is 6. The zero-order chi connectivity index (χ0) is 14.5. The van der Waals surface area contributed by atoms with E-state index in [4.69, 9.17) is 0 Å². The maximum Gasteiger partial charge on any atom is 0.0366 e. The van der Waals surface area contributed by atoms with Gasteiger partial charge >= 0.3 is 0 Å². The van der Waals surface area contributed by atoms with Gasteiger partial charge in [0, 0.05) is 36.6 Å². The van der Waals surface area contributed by atoms with E-state index in [9.17, 15) is 0 Å². The molecule has 0 aliphatic carbocycles. The van der Waals surface area contributed by atoms with Crippen molar-refractivity contribution in [2.45, 2.75) is 45.8 Å². The molecule has 0 saturated carbocycles. The molecule has 2 nitrogen and oxygen atoms in total. The van der Waals surface area contributed by atoms with Crippen molar-refractivity contribution in [3.63, 3.8) is 0 Å². The van der Waals surface area contributed by atoms with E-state index in [0.717, 1.165) is 12.3 Å². The largest absolute Gasteiger partial charge is 0.371 e. The molecule has 0 aliphatic heterocycles. The van der Waals surface area contributed by atoms with Gasteiger partial charge in [-0.15, -0.1) is 0 Å². The Hall–Kier alpha value is -0.670. The summed E-state index contributed by atoms with van der Waals surface area (Å²) in [5.74, 6) is 1.16. The van der Waals surface area contributed by atoms with Crippen LogP contribution in [0.5, 0.6) is 0 Å². The van der Waals surface area contributed by atoms with Crippen LogP contribution >= 0.6 is 11.8 Å². The van der Waals surface area contributed by atoms with Crippen LogP contribution in [0.3, 0.4) is 0 Å². The van der Waals surface area contributed by atoms with E-state index in [1.54, 1.807) is 0 Å². The summed E-state index contributed by atoms with van der Waals surface area (Å²) in [7, 11) is 2.17. The lowest BCUT2D eigenvalue weighted by atomic mass is 10.1. The van der Waals surface area contributed by atoms with Gasteiger partial charge < -0.3 is 10.2 Å². The van der Waals surface area contributed by atoms with Crippen molar-refractivity contribution in [1.29, 1.82) is 0 Å². The molecular formula is C16H28N2S. The average molecular weight is 280 g/mol. The Labute approximate surface area is 123 Å². The predicted octanol–water partition coefficient (Wildman–Crippen LogP) is 3.76. The lowest BCUT2D eigenvalue weighted by Gasteiger charge is -2.27. The first-order chi connectivity index (χ1) is 8.83. The maximum absolute atomic E-state index is 3.51. The van der Waals surface area contributed by atoms with Gasteiger partial charge in [0.15, 0.2) is 0 Å². The lowest BCUT2D eigenvalue weighted by Crippen LogP contribution is -2.35. The third kappa shape index (κ3) is 5.87. The highest BCUT2D eigenvalue weighted by Crippen LogP contribution is 2.18. The van der Waals surface area contributed by atoms with E-state index in [2.05, 4.69) is 75.5 Å². The molecule has 1 aromatic carbocycles. The summed E-state index contributed by atoms with van der Waals surface area (Å²) in [5.41, 5.74) is 2.80. The fourth-order valence-corrected chi connectivity index (χ4v) is 2.53. The van der Waals surface area contributed by atoms with Crippen LogP contribution in [0.4, 0.5) is 5.69 Å². The van der Waals surface area contributed by atoms with Gasteiger partial charge in [-0.2, -0.15) is 11.8 Å². The molecule has 0 spiro atoms. The van der Waals surface area contributed by atoms with Gasteiger partial charge in [-0.3, -0.25) is 0 Å². The second-order valence-corrected chi connectivity index (χ2v) is 7.10. The zero-order valence-electron chi connectivity index (χ0n) is 13.2. The Morgan fingerprint density at radius 1 is 1.21 bits per heavy atom. The van der Waals surface area contributed by atoms with Crippen LogP contribution in [0, 0.1) is 0 Å².